The van der Waals surface area contributed by atoms with E-state index in [1.165, 1.54) is 18.2 Å². The van der Waals surface area contributed by atoms with Crippen molar-refractivity contribution in [1.82, 2.24) is 14.3 Å². The second-order valence-corrected chi connectivity index (χ2v) is 8.30. The number of imidazole rings is 1. The van der Waals surface area contributed by atoms with Gasteiger partial charge in [0.15, 0.2) is 0 Å². The lowest BCUT2D eigenvalue weighted by atomic mass is 9.80. The van der Waals surface area contributed by atoms with Gasteiger partial charge in [0, 0.05) is 18.3 Å². The van der Waals surface area contributed by atoms with Gasteiger partial charge in [-0.05, 0) is 36.1 Å². The Balaban J connectivity index is 1.56. The van der Waals surface area contributed by atoms with Crippen LogP contribution in [-0.4, -0.2) is 53.9 Å². The third-order valence-corrected chi connectivity index (χ3v) is 6.12. The Morgan fingerprint density at radius 3 is 2.73 bits per heavy atom. The van der Waals surface area contributed by atoms with E-state index in [4.69, 9.17) is 0 Å². The minimum Gasteiger partial charge on any atom is -0.423 e. The second kappa shape index (κ2) is 7.56. The normalized spacial score (nSPS) is 16.3. The minimum absolute atomic E-state index is 0.0204. The molecular formula is C18H18BN5O5S. The third kappa shape index (κ3) is 3.56. The minimum atomic E-state index is -3.82. The molecule has 0 saturated heterocycles. The molecule has 3 aromatic rings. The maximum absolute atomic E-state index is 12.3. The van der Waals surface area contributed by atoms with Crippen molar-refractivity contribution in [3.63, 3.8) is 0 Å². The Bertz CT molecular complexity index is 1360. The van der Waals surface area contributed by atoms with Crippen LogP contribution >= 0.6 is 0 Å². The number of nitrogens with zero attached hydrogens (tertiary/aromatic N) is 3. The number of hydrogen-bond donors (Lipinski definition) is 4. The molecule has 0 amide bonds. The van der Waals surface area contributed by atoms with Gasteiger partial charge in [-0.3, -0.25) is 14.3 Å². The molecule has 12 heteroatoms. The van der Waals surface area contributed by atoms with Crippen LogP contribution in [0.1, 0.15) is 18.1 Å². The van der Waals surface area contributed by atoms with Crippen molar-refractivity contribution < 1.29 is 18.5 Å². The second-order valence-electron chi connectivity index (χ2n) is 6.65. The molecule has 2 aromatic carbocycles. The van der Waals surface area contributed by atoms with Gasteiger partial charge in [-0.2, -0.15) is 0 Å². The van der Waals surface area contributed by atoms with E-state index in [1.54, 1.807) is 16.8 Å². The topological polar surface area (TPSA) is 149 Å². The Morgan fingerprint density at radius 2 is 2.00 bits per heavy atom. The number of H-pyrrole nitrogens is 1. The maximum atomic E-state index is 12.3. The van der Waals surface area contributed by atoms with Gasteiger partial charge in [0.2, 0.25) is 0 Å². The average Bonchev–Trinajstić information content (AvgIpc) is 3.16. The highest BCUT2D eigenvalue weighted by molar-refractivity contribution is 7.90. The molecule has 2 heterocycles. The van der Waals surface area contributed by atoms with Crippen LogP contribution in [0, 0.1) is 0 Å². The number of aromatic amines is 1. The highest BCUT2D eigenvalue weighted by Crippen LogP contribution is 2.21. The summed E-state index contributed by atoms with van der Waals surface area (Å²) in [5, 5.41) is 18.5. The lowest BCUT2D eigenvalue weighted by molar-refractivity contribution is 0.425. The number of aryl methyl sites for hydroxylation is 1. The number of aliphatic imine (C=N–C) groups is 2. The first kappa shape index (κ1) is 20.1. The summed E-state index contributed by atoms with van der Waals surface area (Å²) in [6.45, 7) is 2.41. The molecule has 30 heavy (non-hydrogen) atoms. The molecule has 1 aliphatic rings. The van der Waals surface area contributed by atoms with Crippen molar-refractivity contribution in [3.05, 3.63) is 58.0 Å². The zero-order chi connectivity index (χ0) is 21.5. The molecule has 0 unspecified atom stereocenters. The summed E-state index contributed by atoms with van der Waals surface area (Å²) < 4.78 is 28.5. The van der Waals surface area contributed by atoms with Crippen LogP contribution in [0.2, 0.25) is 0 Å². The van der Waals surface area contributed by atoms with Crippen LogP contribution in [0.5, 0.6) is 0 Å². The van der Waals surface area contributed by atoms with Crippen LogP contribution in [0.3, 0.4) is 0 Å². The number of rotatable bonds is 5. The first-order valence-corrected chi connectivity index (χ1v) is 10.6. The highest BCUT2D eigenvalue weighted by atomic mass is 32.2. The van der Waals surface area contributed by atoms with Crippen LogP contribution in [0.25, 0.3) is 11.0 Å². The van der Waals surface area contributed by atoms with Crippen LogP contribution in [0.15, 0.2) is 56.1 Å². The van der Waals surface area contributed by atoms with Gasteiger partial charge in [-0.15, -0.1) is 0 Å². The van der Waals surface area contributed by atoms with Gasteiger partial charge in [0.25, 0.3) is 10.0 Å². The molecule has 154 valence electrons. The molecule has 0 saturated carbocycles. The fraction of sp³-hybridized carbons (Fsp3) is 0.167. The molecule has 10 nitrogen and oxygen atoms in total. The summed E-state index contributed by atoms with van der Waals surface area (Å²) in [6, 6.07) is 9.53. The number of sulfonamides is 1. The van der Waals surface area contributed by atoms with Gasteiger partial charge < -0.3 is 15.0 Å². The maximum Gasteiger partial charge on any atom is 0.488 e. The monoisotopic (exact) mass is 427 g/mol. The van der Waals surface area contributed by atoms with Crippen molar-refractivity contribution in [3.8, 4) is 0 Å². The summed E-state index contributed by atoms with van der Waals surface area (Å²) in [6.07, 6.45) is 1.59. The number of amidine groups is 1. The fourth-order valence-corrected chi connectivity index (χ4v) is 4.58. The van der Waals surface area contributed by atoms with E-state index in [0.29, 0.717) is 12.1 Å². The van der Waals surface area contributed by atoms with Gasteiger partial charge in [-0.25, -0.2) is 18.2 Å². The van der Waals surface area contributed by atoms with E-state index < -0.39 is 17.1 Å². The van der Waals surface area contributed by atoms with E-state index in [1.807, 2.05) is 19.1 Å². The van der Waals surface area contributed by atoms with Gasteiger partial charge >= 0.3 is 12.8 Å². The molecule has 0 spiro atoms. The predicted octanol–water partition coefficient (Wildman–Crippen LogP) is -0.856. The fourth-order valence-electron chi connectivity index (χ4n) is 3.29. The third-order valence-electron chi connectivity index (χ3n) is 4.75. The lowest BCUT2D eigenvalue weighted by Gasteiger charge is -2.01. The van der Waals surface area contributed by atoms with Crippen molar-refractivity contribution in [1.29, 1.82) is 0 Å². The SMILES string of the molecule is CCn1c(=O)[nH]c2ccc(C=NCN=C3NS(=O)(=O)c4cc(B(O)O)ccc43)cc21. The van der Waals surface area contributed by atoms with Gasteiger partial charge in [-0.1, -0.05) is 18.2 Å². The zero-order valence-corrected chi connectivity index (χ0v) is 16.7. The highest BCUT2D eigenvalue weighted by Gasteiger charge is 2.32. The van der Waals surface area contributed by atoms with Crippen LogP contribution in [-0.2, 0) is 16.6 Å². The largest absolute Gasteiger partial charge is 0.488 e. The summed E-state index contributed by atoms with van der Waals surface area (Å²) in [5.74, 6) is 0.141. The summed E-state index contributed by atoms with van der Waals surface area (Å²) in [7, 11) is -5.59. The van der Waals surface area contributed by atoms with Gasteiger partial charge in [0.05, 0.1) is 15.9 Å². The Kier molecular flexibility index (Phi) is 5.06. The predicted molar refractivity (Wildman–Crippen MR) is 114 cm³/mol. The van der Waals surface area contributed by atoms with Crippen molar-refractivity contribution >= 4 is 45.7 Å². The van der Waals surface area contributed by atoms with Crippen molar-refractivity contribution in [2.24, 2.45) is 9.98 Å². The molecule has 0 bridgehead atoms. The smallest absolute Gasteiger partial charge is 0.423 e. The average molecular weight is 427 g/mol. The molecule has 4 N–H and O–H groups in total. The molecule has 0 radical (unpaired) electrons. The molecular weight excluding hydrogens is 409 g/mol. The Labute approximate surface area is 171 Å². The summed E-state index contributed by atoms with van der Waals surface area (Å²) in [4.78, 5) is 23.0. The van der Waals surface area contributed by atoms with Gasteiger partial charge in [0.1, 0.15) is 12.5 Å². The molecule has 0 atom stereocenters. The number of aromatic nitrogens is 2. The first-order chi connectivity index (χ1) is 14.3. The molecule has 0 aliphatic carbocycles. The standard InChI is InChI=1S/C18H18BN5O5S/c1-2-24-15-7-11(3-6-14(15)22-18(24)25)9-20-10-21-17-13-5-4-12(19(26)27)8-16(13)30(28,29)23-17/h3-9,26-27H,2,10H2,1H3,(H,21,23)(H,22,25). The van der Waals surface area contributed by atoms with E-state index in [2.05, 4.69) is 19.7 Å². The van der Waals surface area contributed by atoms with Crippen molar-refractivity contribution in [2.45, 2.75) is 18.4 Å². The van der Waals surface area contributed by atoms with Crippen LogP contribution in [0.4, 0.5) is 0 Å². The van der Waals surface area contributed by atoms with Crippen LogP contribution < -0.4 is 15.9 Å². The first-order valence-electron chi connectivity index (χ1n) is 9.10. The molecule has 4 rings (SSSR count). The lowest BCUT2D eigenvalue weighted by Crippen LogP contribution is -2.30. The number of nitrogens with one attached hydrogen (secondary N) is 2. The number of benzene rings is 2. The number of fused-ring (bicyclic) bond motifs is 2. The summed E-state index contributed by atoms with van der Waals surface area (Å²) >= 11 is 0. The Hall–Kier alpha value is -3.22. The number of hydrogen-bond acceptors (Lipinski definition) is 7. The zero-order valence-electron chi connectivity index (χ0n) is 15.9. The molecule has 1 aliphatic heterocycles. The van der Waals surface area contributed by atoms with Crippen molar-refractivity contribution in [2.75, 3.05) is 6.67 Å². The van der Waals surface area contributed by atoms with E-state index in [0.717, 1.165) is 16.6 Å². The molecule has 1 aromatic heterocycles. The Morgan fingerprint density at radius 1 is 1.20 bits per heavy atom. The molecule has 0 fully saturated rings. The summed E-state index contributed by atoms with van der Waals surface area (Å²) in [5.41, 5.74) is 2.54. The quantitative estimate of drug-likeness (QED) is 0.309. The van der Waals surface area contributed by atoms with E-state index in [-0.39, 0.29) is 28.6 Å². The van der Waals surface area contributed by atoms with E-state index in [9.17, 15) is 23.3 Å². The van der Waals surface area contributed by atoms with E-state index >= 15 is 0 Å².